The number of hydrogen-bond acceptors (Lipinski definition) is 4. The molecule has 0 heterocycles. The van der Waals surface area contributed by atoms with Crippen molar-refractivity contribution >= 4 is 7.82 Å². The lowest BCUT2D eigenvalue weighted by Gasteiger charge is -2.14. The predicted octanol–water partition coefficient (Wildman–Crippen LogP) is 0.702. The van der Waals surface area contributed by atoms with Gasteiger partial charge in [-0.05, 0) is 13.6 Å². The van der Waals surface area contributed by atoms with E-state index in [4.69, 9.17) is 4.89 Å². The van der Waals surface area contributed by atoms with Crippen LogP contribution in [0.4, 0.5) is 0 Å². The molecule has 0 aliphatic heterocycles. The molecule has 12 heavy (non-hydrogen) atoms. The van der Waals surface area contributed by atoms with Crippen molar-refractivity contribution in [2.45, 2.75) is 6.92 Å². The first kappa shape index (κ1) is 12.1. The topological polar surface area (TPSA) is 59.0 Å². The summed E-state index contributed by atoms with van der Waals surface area (Å²) in [6, 6.07) is 0. The molecule has 6 heteroatoms. The molecule has 0 aliphatic rings. The molecule has 5 nitrogen and oxygen atoms in total. The SMILES string of the molecule is CCN(C)CCOP(=O)(O)OC. The highest BCUT2D eigenvalue weighted by molar-refractivity contribution is 7.47. The molecule has 0 aromatic rings. The number of rotatable bonds is 6. The lowest BCUT2D eigenvalue weighted by Crippen LogP contribution is -2.22. The summed E-state index contributed by atoms with van der Waals surface area (Å²) < 4.78 is 19.6. The molecule has 0 fully saturated rings. The minimum absolute atomic E-state index is 0.200. The first-order valence-electron chi connectivity index (χ1n) is 3.73. The third-order valence-corrected chi connectivity index (χ3v) is 2.47. The molecule has 0 saturated heterocycles. The zero-order valence-corrected chi connectivity index (χ0v) is 8.58. The van der Waals surface area contributed by atoms with E-state index in [2.05, 4.69) is 9.05 Å². The van der Waals surface area contributed by atoms with Crippen molar-refractivity contribution in [3.63, 3.8) is 0 Å². The van der Waals surface area contributed by atoms with E-state index in [0.717, 1.165) is 13.7 Å². The monoisotopic (exact) mass is 197 g/mol. The van der Waals surface area contributed by atoms with Gasteiger partial charge < -0.3 is 9.79 Å². The lowest BCUT2D eigenvalue weighted by molar-refractivity contribution is 0.156. The van der Waals surface area contributed by atoms with Crippen molar-refractivity contribution in [1.82, 2.24) is 4.90 Å². The van der Waals surface area contributed by atoms with E-state index < -0.39 is 7.82 Å². The normalized spacial score (nSPS) is 16.4. The van der Waals surface area contributed by atoms with E-state index in [1.165, 1.54) is 0 Å². The van der Waals surface area contributed by atoms with Gasteiger partial charge in [0.25, 0.3) is 0 Å². The van der Waals surface area contributed by atoms with Crippen molar-refractivity contribution in [3.05, 3.63) is 0 Å². The summed E-state index contributed by atoms with van der Waals surface area (Å²) in [6.07, 6.45) is 0. The van der Waals surface area contributed by atoms with Gasteiger partial charge in [-0.1, -0.05) is 6.92 Å². The Hall–Kier alpha value is 0.0700. The maximum absolute atomic E-state index is 10.7. The van der Waals surface area contributed by atoms with Crippen molar-refractivity contribution < 1.29 is 18.5 Å². The molecule has 0 radical (unpaired) electrons. The average Bonchev–Trinajstić information content (AvgIpc) is 2.04. The van der Waals surface area contributed by atoms with Gasteiger partial charge in [-0.3, -0.25) is 9.05 Å². The summed E-state index contributed by atoms with van der Waals surface area (Å²) in [5, 5.41) is 0. The van der Waals surface area contributed by atoms with Crippen LogP contribution in [-0.2, 0) is 13.6 Å². The molecular formula is C6H16NO4P. The smallest absolute Gasteiger partial charge is 0.304 e. The van der Waals surface area contributed by atoms with Crippen LogP contribution >= 0.6 is 7.82 Å². The Labute approximate surface area is 72.9 Å². The van der Waals surface area contributed by atoms with Crippen LogP contribution in [0.15, 0.2) is 0 Å². The van der Waals surface area contributed by atoms with Gasteiger partial charge in [0.15, 0.2) is 0 Å². The first-order chi connectivity index (χ1) is 5.52. The van der Waals surface area contributed by atoms with Crippen LogP contribution in [-0.4, -0.2) is 43.6 Å². The van der Waals surface area contributed by atoms with Gasteiger partial charge in [0.05, 0.1) is 6.61 Å². The van der Waals surface area contributed by atoms with E-state index in [1.54, 1.807) is 0 Å². The molecule has 0 rings (SSSR count). The fourth-order valence-corrected chi connectivity index (χ4v) is 0.941. The lowest BCUT2D eigenvalue weighted by atomic mass is 10.6. The van der Waals surface area contributed by atoms with Gasteiger partial charge in [0, 0.05) is 13.7 Å². The molecule has 0 bridgehead atoms. The fraction of sp³-hybridized carbons (Fsp3) is 1.00. The predicted molar refractivity (Wildman–Crippen MR) is 46.0 cm³/mol. The van der Waals surface area contributed by atoms with Crippen LogP contribution in [0.2, 0.25) is 0 Å². The molecule has 0 aliphatic carbocycles. The summed E-state index contributed by atoms with van der Waals surface area (Å²) >= 11 is 0. The third-order valence-electron chi connectivity index (χ3n) is 1.50. The number of hydrogen-bond donors (Lipinski definition) is 1. The van der Waals surface area contributed by atoms with Gasteiger partial charge in [-0.15, -0.1) is 0 Å². The Kier molecular flexibility index (Phi) is 5.70. The molecule has 0 amide bonds. The van der Waals surface area contributed by atoms with Gasteiger partial charge >= 0.3 is 7.82 Å². The first-order valence-corrected chi connectivity index (χ1v) is 5.23. The average molecular weight is 197 g/mol. The number of nitrogens with zero attached hydrogens (tertiary/aromatic N) is 1. The molecule has 1 unspecified atom stereocenters. The minimum atomic E-state index is -3.77. The highest BCUT2D eigenvalue weighted by atomic mass is 31.2. The van der Waals surface area contributed by atoms with E-state index in [0.29, 0.717) is 6.54 Å². The molecule has 1 N–H and O–H groups in total. The van der Waals surface area contributed by atoms with E-state index in [-0.39, 0.29) is 6.61 Å². The maximum Gasteiger partial charge on any atom is 0.471 e. The Balaban J connectivity index is 3.49. The second-order valence-corrected chi connectivity index (χ2v) is 3.94. The van der Waals surface area contributed by atoms with Crippen molar-refractivity contribution in [1.29, 1.82) is 0 Å². The van der Waals surface area contributed by atoms with Crippen LogP contribution < -0.4 is 0 Å². The Bertz CT molecular complexity index is 164. The van der Waals surface area contributed by atoms with Crippen LogP contribution in [0.5, 0.6) is 0 Å². The van der Waals surface area contributed by atoms with Crippen LogP contribution in [0.3, 0.4) is 0 Å². The third kappa shape index (κ3) is 5.69. The summed E-state index contributed by atoms with van der Waals surface area (Å²) in [7, 11) is -0.722. The van der Waals surface area contributed by atoms with E-state index in [9.17, 15) is 4.57 Å². The number of phosphoric acid groups is 1. The summed E-state index contributed by atoms with van der Waals surface area (Å²) in [5.41, 5.74) is 0. The maximum atomic E-state index is 10.7. The highest BCUT2D eigenvalue weighted by Crippen LogP contribution is 2.41. The summed E-state index contributed by atoms with van der Waals surface area (Å²) in [4.78, 5) is 10.8. The number of phosphoric ester groups is 1. The quantitative estimate of drug-likeness (QED) is 0.635. The minimum Gasteiger partial charge on any atom is -0.304 e. The number of likely N-dealkylation sites (N-methyl/N-ethyl adjacent to an activating group) is 1. The van der Waals surface area contributed by atoms with Crippen LogP contribution in [0.1, 0.15) is 6.92 Å². The van der Waals surface area contributed by atoms with Crippen LogP contribution in [0.25, 0.3) is 0 Å². The molecule has 0 aromatic carbocycles. The second-order valence-electron chi connectivity index (χ2n) is 2.38. The molecule has 74 valence electrons. The van der Waals surface area contributed by atoms with Crippen molar-refractivity contribution in [2.24, 2.45) is 0 Å². The zero-order chi connectivity index (χ0) is 9.61. The molecular weight excluding hydrogens is 181 g/mol. The fourth-order valence-electron chi connectivity index (χ4n) is 0.523. The molecule has 0 aromatic heterocycles. The van der Waals surface area contributed by atoms with E-state index in [1.807, 2.05) is 18.9 Å². The second kappa shape index (κ2) is 5.67. The van der Waals surface area contributed by atoms with Gasteiger partial charge in [0.1, 0.15) is 0 Å². The largest absolute Gasteiger partial charge is 0.471 e. The highest BCUT2D eigenvalue weighted by Gasteiger charge is 2.17. The van der Waals surface area contributed by atoms with Crippen LogP contribution in [0, 0.1) is 0 Å². The summed E-state index contributed by atoms with van der Waals surface area (Å²) in [6.45, 7) is 3.69. The van der Waals surface area contributed by atoms with Crippen molar-refractivity contribution in [3.8, 4) is 0 Å². The van der Waals surface area contributed by atoms with Gasteiger partial charge in [0.2, 0.25) is 0 Å². The van der Waals surface area contributed by atoms with E-state index >= 15 is 0 Å². The molecule has 0 saturated carbocycles. The van der Waals surface area contributed by atoms with Gasteiger partial charge in [-0.25, -0.2) is 4.57 Å². The molecule has 1 atom stereocenters. The Morgan fingerprint density at radius 2 is 2.17 bits per heavy atom. The van der Waals surface area contributed by atoms with Crippen molar-refractivity contribution in [2.75, 3.05) is 33.9 Å². The Morgan fingerprint density at radius 3 is 2.58 bits per heavy atom. The Morgan fingerprint density at radius 1 is 1.58 bits per heavy atom. The van der Waals surface area contributed by atoms with Gasteiger partial charge in [-0.2, -0.15) is 0 Å². The zero-order valence-electron chi connectivity index (χ0n) is 7.69. The molecule has 0 spiro atoms. The standard InChI is InChI=1S/C6H16NO4P/c1-4-7(2)5-6-11-12(8,9)10-3/h4-6H2,1-3H3,(H,8,9). The summed E-state index contributed by atoms with van der Waals surface area (Å²) in [5.74, 6) is 0.